The predicted octanol–water partition coefficient (Wildman–Crippen LogP) is 2.82. The zero-order valence-corrected chi connectivity index (χ0v) is 10.4. The number of imidazole rings is 1. The summed E-state index contributed by atoms with van der Waals surface area (Å²) >= 11 is 0. The monoisotopic (exact) mass is 238 g/mol. The minimum atomic E-state index is 0.500. The number of hydrogen-bond donors (Lipinski definition) is 2. The molecule has 1 aromatic carbocycles. The molecule has 4 heteroatoms. The number of nitrogens with one attached hydrogen (secondary N) is 1. The quantitative estimate of drug-likeness (QED) is 0.685. The molecule has 3 N–H and O–H groups in total. The number of aromatic amines is 1. The topological polar surface area (TPSA) is 67.6 Å². The van der Waals surface area contributed by atoms with Gasteiger partial charge in [-0.15, -0.1) is 0 Å². The summed E-state index contributed by atoms with van der Waals surface area (Å²) in [5, 5.41) is 0. The van der Waals surface area contributed by atoms with Gasteiger partial charge in [-0.2, -0.15) is 0 Å². The number of nitrogen functional groups attached to an aromatic ring is 1. The van der Waals surface area contributed by atoms with Crippen LogP contribution in [0.25, 0.3) is 22.6 Å². The Balaban J connectivity index is 2.19. The van der Waals surface area contributed by atoms with Crippen molar-refractivity contribution in [1.82, 2.24) is 15.0 Å². The van der Waals surface area contributed by atoms with E-state index in [0.717, 1.165) is 22.6 Å². The predicted molar refractivity (Wildman–Crippen MR) is 73.2 cm³/mol. The van der Waals surface area contributed by atoms with Gasteiger partial charge >= 0.3 is 0 Å². The number of rotatable bonds is 1. The average Bonchev–Trinajstić information content (AvgIpc) is 2.73. The van der Waals surface area contributed by atoms with Crippen molar-refractivity contribution < 1.29 is 0 Å². The molecule has 2 heterocycles. The molecule has 0 radical (unpaired) electrons. The van der Waals surface area contributed by atoms with E-state index in [1.807, 2.05) is 12.1 Å². The Kier molecular flexibility index (Phi) is 2.30. The highest BCUT2D eigenvalue weighted by Crippen LogP contribution is 2.22. The molecule has 0 unspecified atom stereocenters. The molecular weight excluding hydrogens is 224 g/mol. The van der Waals surface area contributed by atoms with Gasteiger partial charge in [0.2, 0.25) is 0 Å². The lowest BCUT2D eigenvalue weighted by atomic mass is 10.1. The van der Waals surface area contributed by atoms with Gasteiger partial charge in [-0.3, -0.25) is 0 Å². The molecule has 0 atom stereocenters. The lowest BCUT2D eigenvalue weighted by Crippen LogP contribution is -1.92. The summed E-state index contributed by atoms with van der Waals surface area (Å²) in [6.07, 6.45) is 0. The zero-order valence-electron chi connectivity index (χ0n) is 10.4. The van der Waals surface area contributed by atoms with Crippen molar-refractivity contribution in [3.05, 3.63) is 41.5 Å². The Morgan fingerprint density at radius 2 is 1.83 bits per heavy atom. The second-order valence-corrected chi connectivity index (χ2v) is 4.49. The number of nitrogens with two attached hydrogens (primary N) is 1. The Bertz CT molecular complexity index is 689. The number of pyridine rings is 1. The number of H-pyrrole nitrogens is 1. The molecule has 3 aromatic rings. The Labute approximate surface area is 105 Å². The van der Waals surface area contributed by atoms with Crippen molar-refractivity contribution in [3.63, 3.8) is 0 Å². The van der Waals surface area contributed by atoms with Crippen LogP contribution < -0.4 is 5.73 Å². The summed E-state index contributed by atoms with van der Waals surface area (Å²) < 4.78 is 0. The van der Waals surface area contributed by atoms with Crippen molar-refractivity contribution in [1.29, 1.82) is 0 Å². The number of benzene rings is 1. The molecule has 4 nitrogen and oxygen atoms in total. The molecule has 0 spiro atoms. The molecule has 0 aliphatic rings. The molecular formula is C14H14N4. The van der Waals surface area contributed by atoms with Crippen molar-refractivity contribution in [2.45, 2.75) is 13.8 Å². The number of anilines is 1. The second kappa shape index (κ2) is 3.84. The molecule has 0 amide bonds. The van der Waals surface area contributed by atoms with Gasteiger partial charge in [-0.05, 0) is 49.2 Å². The van der Waals surface area contributed by atoms with E-state index >= 15 is 0 Å². The fourth-order valence-electron chi connectivity index (χ4n) is 1.97. The maximum Gasteiger partial charge on any atom is 0.157 e. The van der Waals surface area contributed by atoms with Crippen molar-refractivity contribution in [2.75, 3.05) is 5.73 Å². The first kappa shape index (κ1) is 10.8. The normalized spacial score (nSPS) is 11.0. The molecule has 90 valence electrons. The van der Waals surface area contributed by atoms with Crippen molar-refractivity contribution in [2.24, 2.45) is 0 Å². The molecule has 0 fully saturated rings. The zero-order chi connectivity index (χ0) is 12.7. The van der Waals surface area contributed by atoms with E-state index < -0.39 is 0 Å². The number of nitrogens with zero attached hydrogens (tertiary/aromatic N) is 2. The van der Waals surface area contributed by atoms with Crippen LogP contribution in [0.15, 0.2) is 30.3 Å². The van der Waals surface area contributed by atoms with Crippen LogP contribution in [0.2, 0.25) is 0 Å². The van der Waals surface area contributed by atoms with Gasteiger partial charge in [0.25, 0.3) is 0 Å². The van der Waals surface area contributed by atoms with Crippen LogP contribution in [0.4, 0.5) is 5.82 Å². The number of aryl methyl sites for hydroxylation is 2. The molecule has 0 aliphatic carbocycles. The van der Waals surface area contributed by atoms with Crippen LogP contribution >= 0.6 is 0 Å². The average molecular weight is 238 g/mol. The molecule has 0 aliphatic heterocycles. The van der Waals surface area contributed by atoms with E-state index in [4.69, 9.17) is 5.73 Å². The third-order valence-electron chi connectivity index (χ3n) is 3.11. The summed E-state index contributed by atoms with van der Waals surface area (Å²) in [5.74, 6) is 1.25. The summed E-state index contributed by atoms with van der Waals surface area (Å²) in [7, 11) is 0. The van der Waals surface area contributed by atoms with E-state index in [-0.39, 0.29) is 0 Å². The molecule has 0 saturated carbocycles. The molecule has 3 rings (SSSR count). The number of hydrogen-bond acceptors (Lipinski definition) is 3. The first-order valence-corrected chi connectivity index (χ1v) is 5.83. The molecule has 2 aromatic heterocycles. The molecule has 0 saturated heterocycles. The van der Waals surface area contributed by atoms with Crippen LogP contribution in [-0.4, -0.2) is 15.0 Å². The fourth-order valence-corrected chi connectivity index (χ4v) is 1.97. The Hall–Kier alpha value is -2.36. The largest absolute Gasteiger partial charge is 0.384 e. The minimum absolute atomic E-state index is 0.500. The van der Waals surface area contributed by atoms with E-state index in [9.17, 15) is 0 Å². The van der Waals surface area contributed by atoms with Gasteiger partial charge in [0.1, 0.15) is 11.5 Å². The lowest BCUT2D eigenvalue weighted by Gasteiger charge is -1.97. The van der Waals surface area contributed by atoms with Gasteiger partial charge in [0.15, 0.2) is 5.82 Å². The van der Waals surface area contributed by atoms with Gasteiger partial charge in [0.05, 0.1) is 11.0 Å². The van der Waals surface area contributed by atoms with Crippen LogP contribution in [0.3, 0.4) is 0 Å². The van der Waals surface area contributed by atoms with E-state index in [2.05, 4.69) is 40.9 Å². The first-order chi connectivity index (χ1) is 8.63. The lowest BCUT2D eigenvalue weighted by molar-refractivity contribution is 1.24. The van der Waals surface area contributed by atoms with Crippen LogP contribution in [0.1, 0.15) is 11.1 Å². The maximum atomic E-state index is 5.69. The SMILES string of the molecule is Cc1cc2nc(-c3cccc(N)n3)[nH]c2cc1C. The van der Waals surface area contributed by atoms with Crippen molar-refractivity contribution >= 4 is 16.9 Å². The molecule has 18 heavy (non-hydrogen) atoms. The van der Waals surface area contributed by atoms with Gasteiger partial charge in [0, 0.05) is 0 Å². The highest BCUT2D eigenvalue weighted by Gasteiger charge is 2.07. The third kappa shape index (κ3) is 1.72. The maximum absolute atomic E-state index is 5.69. The highest BCUT2D eigenvalue weighted by molar-refractivity contribution is 5.80. The van der Waals surface area contributed by atoms with Crippen LogP contribution in [0.5, 0.6) is 0 Å². The van der Waals surface area contributed by atoms with E-state index in [0.29, 0.717) is 5.82 Å². The van der Waals surface area contributed by atoms with Crippen molar-refractivity contribution in [3.8, 4) is 11.5 Å². The van der Waals surface area contributed by atoms with E-state index in [1.54, 1.807) is 6.07 Å². The number of fused-ring (bicyclic) bond motifs is 1. The summed E-state index contributed by atoms with van der Waals surface area (Å²) in [4.78, 5) is 12.1. The Morgan fingerprint density at radius 1 is 1.06 bits per heavy atom. The third-order valence-corrected chi connectivity index (χ3v) is 3.11. The summed E-state index contributed by atoms with van der Waals surface area (Å²) in [6.45, 7) is 4.18. The minimum Gasteiger partial charge on any atom is -0.384 e. The van der Waals surface area contributed by atoms with Gasteiger partial charge in [-0.1, -0.05) is 6.07 Å². The Morgan fingerprint density at radius 3 is 2.61 bits per heavy atom. The fraction of sp³-hybridized carbons (Fsp3) is 0.143. The summed E-state index contributed by atoms with van der Waals surface area (Å²) in [6, 6.07) is 9.72. The first-order valence-electron chi connectivity index (χ1n) is 5.83. The highest BCUT2D eigenvalue weighted by atomic mass is 15.0. The summed E-state index contributed by atoms with van der Waals surface area (Å²) in [5.41, 5.74) is 10.9. The second-order valence-electron chi connectivity index (χ2n) is 4.49. The molecule has 0 bridgehead atoms. The standard InChI is InChI=1S/C14H14N4/c1-8-6-11-12(7-9(8)2)18-14(17-11)10-4-3-5-13(15)16-10/h3-7H,1-2H3,(H2,15,16)(H,17,18). The van der Waals surface area contributed by atoms with E-state index in [1.165, 1.54) is 11.1 Å². The number of aromatic nitrogens is 3. The van der Waals surface area contributed by atoms with Gasteiger partial charge in [-0.25, -0.2) is 9.97 Å². The van der Waals surface area contributed by atoms with Crippen LogP contribution in [-0.2, 0) is 0 Å². The smallest absolute Gasteiger partial charge is 0.157 e. The van der Waals surface area contributed by atoms with Crippen LogP contribution in [0, 0.1) is 13.8 Å². The van der Waals surface area contributed by atoms with Gasteiger partial charge < -0.3 is 10.7 Å².